The average Bonchev–Trinajstić information content (AvgIpc) is 2.52. The zero-order valence-electron chi connectivity index (χ0n) is 14.5. The molecule has 0 bridgehead atoms. The number of benzene rings is 1. The first-order valence-electron chi connectivity index (χ1n) is 8.54. The van der Waals surface area contributed by atoms with Gasteiger partial charge in [0, 0.05) is 0 Å². The van der Waals surface area contributed by atoms with Gasteiger partial charge in [-0.05, 0) is 42.7 Å². The van der Waals surface area contributed by atoms with E-state index in [-0.39, 0.29) is 29.9 Å². The predicted molar refractivity (Wildman–Crippen MR) is 90.0 cm³/mol. The van der Waals surface area contributed by atoms with Crippen LogP contribution in [0.25, 0.3) is 0 Å². The van der Waals surface area contributed by atoms with E-state index in [2.05, 4.69) is 5.32 Å². The lowest BCUT2D eigenvalue weighted by molar-refractivity contribution is -0.155. The molecule has 0 heterocycles. The standard InChI is InChI=1S/C19H26FNO3/c1-12(2)15-9-8-13(3)10-19(15,24)18(23)21-11-17(22)14-6-4-5-7-16(14)20/h4-7,12-13,15,24H,8-11H2,1-3H3,(H,21,23). The number of ketones is 1. The maximum Gasteiger partial charge on any atom is 0.252 e. The molecular weight excluding hydrogens is 309 g/mol. The van der Waals surface area contributed by atoms with Crippen LogP contribution in [0.5, 0.6) is 0 Å². The van der Waals surface area contributed by atoms with Crippen molar-refractivity contribution in [3.63, 3.8) is 0 Å². The third-order valence-electron chi connectivity index (χ3n) is 5.03. The lowest BCUT2D eigenvalue weighted by Gasteiger charge is -2.43. The molecule has 0 radical (unpaired) electrons. The zero-order chi connectivity index (χ0) is 17.9. The van der Waals surface area contributed by atoms with E-state index in [1.165, 1.54) is 18.2 Å². The molecule has 0 aromatic heterocycles. The smallest absolute Gasteiger partial charge is 0.252 e. The van der Waals surface area contributed by atoms with E-state index in [9.17, 15) is 19.1 Å². The molecule has 4 nitrogen and oxygen atoms in total. The Kier molecular flexibility index (Phi) is 5.75. The van der Waals surface area contributed by atoms with Gasteiger partial charge in [0.25, 0.3) is 5.91 Å². The van der Waals surface area contributed by atoms with Crippen molar-refractivity contribution >= 4 is 11.7 Å². The first-order chi connectivity index (χ1) is 11.3. The second kappa shape index (κ2) is 7.43. The number of hydrogen-bond acceptors (Lipinski definition) is 3. The van der Waals surface area contributed by atoms with Crippen LogP contribution in [0.2, 0.25) is 0 Å². The fourth-order valence-electron chi connectivity index (χ4n) is 3.73. The Bertz CT molecular complexity index is 616. The van der Waals surface area contributed by atoms with Crippen LogP contribution in [-0.4, -0.2) is 28.9 Å². The largest absolute Gasteiger partial charge is 0.380 e. The summed E-state index contributed by atoms with van der Waals surface area (Å²) < 4.78 is 13.6. The second-order valence-corrected chi connectivity index (χ2v) is 7.25. The summed E-state index contributed by atoms with van der Waals surface area (Å²) in [6.45, 7) is 5.67. The van der Waals surface area contributed by atoms with Crippen molar-refractivity contribution in [3.8, 4) is 0 Å². The fourth-order valence-corrected chi connectivity index (χ4v) is 3.73. The van der Waals surface area contributed by atoms with Crippen molar-refractivity contribution in [2.75, 3.05) is 6.54 Å². The van der Waals surface area contributed by atoms with Gasteiger partial charge in [-0.15, -0.1) is 0 Å². The van der Waals surface area contributed by atoms with Crippen LogP contribution in [0.3, 0.4) is 0 Å². The summed E-state index contributed by atoms with van der Waals surface area (Å²) in [5.74, 6) is -1.37. The highest BCUT2D eigenvalue weighted by Crippen LogP contribution is 2.41. The van der Waals surface area contributed by atoms with E-state index >= 15 is 0 Å². The lowest BCUT2D eigenvalue weighted by Crippen LogP contribution is -2.57. The molecule has 1 aromatic rings. The average molecular weight is 335 g/mol. The van der Waals surface area contributed by atoms with Crippen LogP contribution < -0.4 is 5.32 Å². The summed E-state index contributed by atoms with van der Waals surface area (Å²) in [6.07, 6.45) is 2.15. The van der Waals surface area contributed by atoms with Gasteiger partial charge in [0.2, 0.25) is 0 Å². The van der Waals surface area contributed by atoms with E-state index in [4.69, 9.17) is 0 Å². The number of amides is 1. The van der Waals surface area contributed by atoms with Gasteiger partial charge in [-0.2, -0.15) is 0 Å². The molecule has 2 rings (SSSR count). The Morgan fingerprint density at radius 1 is 1.33 bits per heavy atom. The SMILES string of the molecule is CC1CCC(C(C)C)C(O)(C(=O)NCC(=O)c2ccccc2F)C1. The molecule has 1 aromatic carbocycles. The zero-order valence-corrected chi connectivity index (χ0v) is 14.5. The van der Waals surface area contributed by atoms with Gasteiger partial charge >= 0.3 is 0 Å². The number of nitrogens with one attached hydrogen (secondary N) is 1. The predicted octanol–water partition coefficient (Wildman–Crippen LogP) is 2.95. The Hall–Kier alpha value is -1.75. The number of halogens is 1. The number of hydrogen-bond donors (Lipinski definition) is 2. The van der Waals surface area contributed by atoms with Crippen LogP contribution >= 0.6 is 0 Å². The van der Waals surface area contributed by atoms with Crippen molar-refractivity contribution in [3.05, 3.63) is 35.6 Å². The van der Waals surface area contributed by atoms with E-state index < -0.39 is 23.1 Å². The molecule has 24 heavy (non-hydrogen) atoms. The van der Waals surface area contributed by atoms with Gasteiger partial charge in [0.15, 0.2) is 5.78 Å². The summed E-state index contributed by atoms with van der Waals surface area (Å²) >= 11 is 0. The molecule has 5 heteroatoms. The van der Waals surface area contributed by atoms with Crippen molar-refractivity contribution in [2.24, 2.45) is 17.8 Å². The molecule has 1 fully saturated rings. The summed E-state index contributed by atoms with van der Waals surface area (Å²) in [5.41, 5.74) is -1.52. The number of rotatable bonds is 5. The minimum absolute atomic E-state index is 0.0535. The minimum atomic E-state index is -1.47. The van der Waals surface area contributed by atoms with E-state index in [1.807, 2.05) is 20.8 Å². The molecule has 0 spiro atoms. The monoisotopic (exact) mass is 335 g/mol. The number of carbonyl (C=O) groups excluding carboxylic acids is 2. The molecule has 3 atom stereocenters. The minimum Gasteiger partial charge on any atom is -0.380 e. The molecule has 2 N–H and O–H groups in total. The van der Waals surface area contributed by atoms with Crippen LogP contribution in [0.1, 0.15) is 50.4 Å². The Morgan fingerprint density at radius 3 is 2.62 bits per heavy atom. The van der Waals surface area contributed by atoms with Gasteiger partial charge in [-0.3, -0.25) is 9.59 Å². The van der Waals surface area contributed by atoms with Crippen molar-refractivity contribution in [2.45, 2.75) is 45.6 Å². The Labute approximate surface area is 142 Å². The van der Waals surface area contributed by atoms with Gasteiger partial charge in [-0.25, -0.2) is 4.39 Å². The van der Waals surface area contributed by atoms with Crippen LogP contribution in [0, 0.1) is 23.6 Å². The maximum absolute atomic E-state index is 13.6. The molecule has 0 saturated heterocycles. The summed E-state index contributed by atoms with van der Waals surface area (Å²) in [6, 6.07) is 5.67. The Morgan fingerprint density at radius 2 is 2.00 bits per heavy atom. The first kappa shape index (κ1) is 18.6. The molecule has 1 aliphatic rings. The second-order valence-electron chi connectivity index (χ2n) is 7.25. The molecule has 1 aliphatic carbocycles. The van der Waals surface area contributed by atoms with Crippen molar-refractivity contribution in [1.82, 2.24) is 5.32 Å². The topological polar surface area (TPSA) is 66.4 Å². The molecule has 1 amide bonds. The molecule has 0 aliphatic heterocycles. The number of Topliss-reactive ketones (excluding diaryl/α,β-unsaturated/α-hetero) is 1. The Balaban J connectivity index is 2.07. The van der Waals surface area contributed by atoms with E-state index in [0.717, 1.165) is 12.8 Å². The molecule has 1 saturated carbocycles. The lowest BCUT2D eigenvalue weighted by atomic mass is 9.66. The third kappa shape index (κ3) is 3.83. The van der Waals surface area contributed by atoms with Gasteiger partial charge in [0.05, 0.1) is 12.1 Å². The summed E-state index contributed by atoms with van der Waals surface area (Å²) in [7, 11) is 0. The van der Waals surface area contributed by atoms with Crippen molar-refractivity contribution < 1.29 is 19.1 Å². The molecule has 3 unspecified atom stereocenters. The van der Waals surface area contributed by atoms with Crippen LogP contribution in [0.4, 0.5) is 4.39 Å². The van der Waals surface area contributed by atoms with E-state index in [0.29, 0.717) is 6.42 Å². The maximum atomic E-state index is 13.6. The number of carbonyl (C=O) groups is 2. The summed E-state index contributed by atoms with van der Waals surface area (Å²) in [5, 5.41) is 13.5. The van der Waals surface area contributed by atoms with Gasteiger partial charge in [0.1, 0.15) is 11.4 Å². The first-order valence-corrected chi connectivity index (χ1v) is 8.54. The number of aliphatic hydroxyl groups is 1. The quantitative estimate of drug-likeness (QED) is 0.813. The normalized spacial score (nSPS) is 27.1. The highest BCUT2D eigenvalue weighted by Gasteiger charge is 2.48. The molecular formula is C19H26FNO3. The van der Waals surface area contributed by atoms with E-state index in [1.54, 1.807) is 6.07 Å². The van der Waals surface area contributed by atoms with Crippen molar-refractivity contribution in [1.29, 1.82) is 0 Å². The highest BCUT2D eigenvalue weighted by atomic mass is 19.1. The highest BCUT2D eigenvalue weighted by molar-refractivity contribution is 6.00. The van der Waals surface area contributed by atoms with Gasteiger partial charge in [-0.1, -0.05) is 39.3 Å². The molecule has 132 valence electrons. The van der Waals surface area contributed by atoms with Gasteiger partial charge < -0.3 is 10.4 Å². The van der Waals surface area contributed by atoms with Crippen LogP contribution in [-0.2, 0) is 4.79 Å². The third-order valence-corrected chi connectivity index (χ3v) is 5.03. The fraction of sp³-hybridized carbons (Fsp3) is 0.579. The van der Waals surface area contributed by atoms with Crippen LogP contribution in [0.15, 0.2) is 24.3 Å². The summed E-state index contributed by atoms with van der Waals surface area (Å²) in [4.78, 5) is 24.7.